The largest absolute Gasteiger partial charge is 0.338 e. The molecule has 0 aromatic carbocycles. The molecule has 6 nitrogen and oxygen atoms in total. The highest BCUT2D eigenvalue weighted by Gasteiger charge is 2.24. The van der Waals surface area contributed by atoms with Crippen molar-refractivity contribution in [1.29, 1.82) is 0 Å². The monoisotopic (exact) mass is 390 g/mol. The minimum atomic E-state index is 0.768. The fraction of sp³-hybridized carbons (Fsp3) is 0. The number of aromatic nitrogens is 5. The summed E-state index contributed by atoms with van der Waals surface area (Å²) in [5, 5.41) is 3.35. The third-order valence-electron chi connectivity index (χ3n) is 4.11. The zero-order chi connectivity index (χ0) is 16.8. The summed E-state index contributed by atoms with van der Waals surface area (Å²) in [6.07, 6.45) is 7.09. The SMILES string of the molecule is Brc1cc(-c2nc3c([nH]2)-c2ccncc2Nc2ncccc2-3)ccn1. The number of pyridine rings is 3. The Morgan fingerprint density at radius 3 is 2.84 bits per heavy atom. The van der Waals surface area contributed by atoms with Crippen LogP contribution < -0.4 is 5.32 Å². The predicted octanol–water partition coefficient (Wildman–Crippen LogP) is 4.42. The molecule has 5 heterocycles. The van der Waals surface area contributed by atoms with Crippen molar-refractivity contribution in [3.05, 3.63) is 59.7 Å². The third kappa shape index (κ3) is 2.32. The Bertz CT molecular complexity index is 1040. The molecule has 0 atom stereocenters. The van der Waals surface area contributed by atoms with Gasteiger partial charge < -0.3 is 10.3 Å². The lowest BCUT2D eigenvalue weighted by Crippen LogP contribution is -1.95. The number of imidazole rings is 1. The molecule has 0 unspecified atom stereocenters. The molecule has 4 aromatic heterocycles. The van der Waals surface area contributed by atoms with E-state index >= 15 is 0 Å². The molecule has 2 N–H and O–H groups in total. The van der Waals surface area contributed by atoms with E-state index in [0.29, 0.717) is 0 Å². The Morgan fingerprint density at radius 2 is 1.92 bits per heavy atom. The first-order valence-corrected chi connectivity index (χ1v) is 8.47. The van der Waals surface area contributed by atoms with Crippen LogP contribution in [0.1, 0.15) is 0 Å². The predicted molar refractivity (Wildman–Crippen MR) is 99.3 cm³/mol. The summed E-state index contributed by atoms with van der Waals surface area (Å²) in [7, 11) is 0. The molecule has 1 aliphatic rings. The Kier molecular flexibility index (Phi) is 3.14. The quantitative estimate of drug-likeness (QED) is 0.414. The van der Waals surface area contributed by atoms with Gasteiger partial charge in [-0.15, -0.1) is 0 Å². The summed E-state index contributed by atoms with van der Waals surface area (Å²) in [6.45, 7) is 0. The van der Waals surface area contributed by atoms with Crippen LogP contribution in [-0.4, -0.2) is 24.9 Å². The van der Waals surface area contributed by atoms with Gasteiger partial charge in [-0.1, -0.05) is 0 Å². The van der Waals surface area contributed by atoms with Crippen LogP contribution in [0.2, 0.25) is 0 Å². The summed E-state index contributed by atoms with van der Waals surface area (Å²) < 4.78 is 0.768. The molecule has 0 aliphatic carbocycles. The molecule has 0 radical (unpaired) electrons. The molecule has 25 heavy (non-hydrogen) atoms. The highest BCUT2D eigenvalue weighted by molar-refractivity contribution is 9.10. The third-order valence-corrected chi connectivity index (χ3v) is 4.54. The van der Waals surface area contributed by atoms with Crippen molar-refractivity contribution in [2.24, 2.45) is 0 Å². The van der Waals surface area contributed by atoms with Gasteiger partial charge in [0.15, 0.2) is 0 Å². The lowest BCUT2D eigenvalue weighted by atomic mass is 10.1. The van der Waals surface area contributed by atoms with Crippen LogP contribution >= 0.6 is 15.9 Å². The Morgan fingerprint density at radius 1 is 0.960 bits per heavy atom. The number of nitrogens with one attached hydrogen (secondary N) is 2. The molecule has 0 saturated heterocycles. The second-order valence-electron chi connectivity index (χ2n) is 5.62. The van der Waals surface area contributed by atoms with E-state index in [1.165, 1.54) is 0 Å². The van der Waals surface area contributed by atoms with Crippen LogP contribution in [-0.2, 0) is 0 Å². The molecule has 0 bridgehead atoms. The highest BCUT2D eigenvalue weighted by Crippen LogP contribution is 2.42. The van der Waals surface area contributed by atoms with Crippen molar-refractivity contribution < 1.29 is 0 Å². The van der Waals surface area contributed by atoms with Gasteiger partial charge in [-0.2, -0.15) is 0 Å². The normalized spacial score (nSPS) is 11.7. The number of halogens is 1. The molecule has 0 saturated carbocycles. The summed E-state index contributed by atoms with van der Waals surface area (Å²) in [5.41, 5.74) is 5.62. The maximum atomic E-state index is 4.86. The van der Waals surface area contributed by atoms with Crippen LogP contribution in [0, 0.1) is 0 Å². The summed E-state index contributed by atoms with van der Waals surface area (Å²) in [5.74, 6) is 1.55. The van der Waals surface area contributed by atoms with Gasteiger partial charge >= 0.3 is 0 Å². The first-order valence-electron chi connectivity index (χ1n) is 7.68. The van der Waals surface area contributed by atoms with Gasteiger partial charge in [0.2, 0.25) is 0 Å². The van der Waals surface area contributed by atoms with Gasteiger partial charge in [0.1, 0.15) is 21.9 Å². The standard InChI is InChI=1S/C18H11BrN6/c19-14-8-10(3-7-21-14)17-24-15-11-4-6-20-9-13(11)23-18-12(16(15)25-17)2-1-5-22-18/h1-9H,(H,22,23)(H,24,25). The van der Waals surface area contributed by atoms with Crippen molar-refractivity contribution in [1.82, 2.24) is 24.9 Å². The van der Waals surface area contributed by atoms with Crippen LogP contribution in [0.5, 0.6) is 0 Å². The number of hydrogen-bond acceptors (Lipinski definition) is 5. The fourth-order valence-electron chi connectivity index (χ4n) is 2.99. The summed E-state index contributed by atoms with van der Waals surface area (Å²) in [4.78, 5) is 21.2. The molecule has 120 valence electrons. The number of nitrogens with zero attached hydrogens (tertiary/aromatic N) is 4. The second-order valence-corrected chi connectivity index (χ2v) is 6.43. The van der Waals surface area contributed by atoms with E-state index in [-0.39, 0.29) is 0 Å². The van der Waals surface area contributed by atoms with Gasteiger partial charge in [0, 0.05) is 35.3 Å². The lowest BCUT2D eigenvalue weighted by molar-refractivity contribution is 1.24. The average molecular weight is 391 g/mol. The molecule has 7 heteroatoms. The van der Waals surface area contributed by atoms with E-state index in [4.69, 9.17) is 4.98 Å². The van der Waals surface area contributed by atoms with E-state index in [2.05, 4.69) is 41.2 Å². The molecule has 1 aliphatic heterocycles. The van der Waals surface area contributed by atoms with E-state index in [1.807, 2.05) is 30.3 Å². The minimum Gasteiger partial charge on any atom is -0.338 e. The number of anilines is 2. The van der Waals surface area contributed by atoms with Crippen molar-refractivity contribution in [2.45, 2.75) is 0 Å². The van der Waals surface area contributed by atoms with Gasteiger partial charge in [-0.05, 0) is 46.3 Å². The maximum Gasteiger partial charge on any atom is 0.139 e. The van der Waals surface area contributed by atoms with Gasteiger partial charge in [-0.25, -0.2) is 15.0 Å². The summed E-state index contributed by atoms with van der Waals surface area (Å²) >= 11 is 3.41. The zero-order valence-electron chi connectivity index (χ0n) is 12.9. The van der Waals surface area contributed by atoms with Crippen LogP contribution in [0.25, 0.3) is 33.9 Å². The molecule has 5 rings (SSSR count). The highest BCUT2D eigenvalue weighted by atomic mass is 79.9. The van der Waals surface area contributed by atoms with Crippen molar-refractivity contribution >= 4 is 27.4 Å². The van der Waals surface area contributed by atoms with Gasteiger partial charge in [0.25, 0.3) is 0 Å². The number of rotatable bonds is 1. The molecule has 0 fully saturated rings. The molecule has 4 aromatic rings. The second kappa shape index (κ2) is 5.49. The van der Waals surface area contributed by atoms with Gasteiger partial charge in [-0.3, -0.25) is 4.98 Å². The topological polar surface area (TPSA) is 79.4 Å². The fourth-order valence-corrected chi connectivity index (χ4v) is 3.35. The lowest BCUT2D eigenvalue weighted by Gasteiger charge is -2.07. The van der Waals surface area contributed by atoms with E-state index in [0.717, 1.165) is 50.0 Å². The molecule has 0 amide bonds. The Balaban J connectivity index is 1.80. The number of aromatic amines is 1. The van der Waals surface area contributed by atoms with Crippen LogP contribution in [0.3, 0.4) is 0 Å². The first kappa shape index (κ1) is 14.3. The zero-order valence-corrected chi connectivity index (χ0v) is 14.4. The van der Waals surface area contributed by atoms with Gasteiger partial charge in [0.05, 0.1) is 17.6 Å². The van der Waals surface area contributed by atoms with Crippen molar-refractivity contribution in [3.63, 3.8) is 0 Å². The molecule has 0 spiro atoms. The number of hydrogen-bond donors (Lipinski definition) is 2. The number of H-pyrrole nitrogens is 1. The van der Waals surface area contributed by atoms with Crippen molar-refractivity contribution in [3.8, 4) is 33.9 Å². The van der Waals surface area contributed by atoms with E-state index < -0.39 is 0 Å². The maximum absolute atomic E-state index is 4.86. The molecular weight excluding hydrogens is 380 g/mol. The van der Waals surface area contributed by atoms with Crippen LogP contribution in [0.4, 0.5) is 11.5 Å². The number of fused-ring (bicyclic) bond motifs is 5. The summed E-state index contributed by atoms with van der Waals surface area (Å²) in [6, 6.07) is 9.76. The Hall–Kier alpha value is -3.06. The van der Waals surface area contributed by atoms with Crippen LogP contribution in [0.15, 0.2) is 59.7 Å². The van der Waals surface area contributed by atoms with E-state index in [9.17, 15) is 0 Å². The first-order chi connectivity index (χ1) is 12.3. The smallest absolute Gasteiger partial charge is 0.139 e. The van der Waals surface area contributed by atoms with Crippen molar-refractivity contribution in [2.75, 3.05) is 5.32 Å². The Labute approximate surface area is 151 Å². The minimum absolute atomic E-state index is 0.768. The average Bonchev–Trinajstić information content (AvgIpc) is 3.03. The van der Waals surface area contributed by atoms with E-state index in [1.54, 1.807) is 24.8 Å². The molecular formula is C18H11BrN6.